The Kier molecular flexibility index (Phi) is 6.95. The van der Waals surface area contributed by atoms with Crippen molar-refractivity contribution in [2.75, 3.05) is 0 Å². The average molecular weight is 444 g/mol. The Morgan fingerprint density at radius 1 is 1.00 bits per heavy atom. The average Bonchev–Trinajstić information content (AvgIpc) is 2.66. The highest BCUT2D eigenvalue weighted by atomic mass is 19.4. The van der Waals surface area contributed by atoms with Gasteiger partial charge in [0, 0.05) is 6.42 Å². The molecule has 0 heterocycles. The largest absolute Gasteiger partial charge is 0.480 e. The lowest BCUT2D eigenvalue weighted by Crippen LogP contribution is -2.43. The van der Waals surface area contributed by atoms with Crippen molar-refractivity contribution >= 4 is 11.9 Å². The molecule has 1 amide bonds. The molecule has 31 heavy (non-hydrogen) atoms. The molecule has 0 saturated carbocycles. The number of amides is 1. The Bertz CT molecular complexity index is 993. The van der Waals surface area contributed by atoms with Crippen LogP contribution < -0.4 is 5.32 Å². The van der Waals surface area contributed by atoms with E-state index >= 15 is 0 Å². The van der Waals surface area contributed by atoms with Crippen molar-refractivity contribution in [1.82, 2.24) is 5.32 Å². The molecule has 0 radical (unpaired) electrons. The Labute approximate surface area is 171 Å². The summed E-state index contributed by atoms with van der Waals surface area (Å²) in [5, 5.41) is 20.5. The summed E-state index contributed by atoms with van der Waals surface area (Å²) in [7, 11) is 0. The lowest BCUT2D eigenvalue weighted by Gasteiger charge is -2.17. The standard InChI is InChI=1S/C20H14F6N2O3/c21-19(22,23)14-5-11(6-15(9-14)20(24,25)26)7-17(29)28-16(18(30)31)8-12-3-1-2-4-13(12)10-27/h1-6,9,16H,7-8H2,(H,28,29)(H,30,31)/t16-/m0/s1. The molecular weight excluding hydrogens is 430 g/mol. The SMILES string of the molecule is N#Cc1ccccc1C[C@H](NC(=O)Cc1cc(C(F)(F)F)cc(C(F)(F)F)c1)C(=O)O. The number of rotatable bonds is 6. The van der Waals surface area contributed by atoms with Gasteiger partial charge in [0.1, 0.15) is 6.04 Å². The van der Waals surface area contributed by atoms with Gasteiger partial charge in [-0.2, -0.15) is 31.6 Å². The van der Waals surface area contributed by atoms with E-state index in [1.807, 2.05) is 6.07 Å². The number of aliphatic carboxylic acids is 1. The van der Waals surface area contributed by atoms with Crippen LogP contribution in [0.1, 0.15) is 27.8 Å². The van der Waals surface area contributed by atoms with Crippen LogP contribution in [-0.4, -0.2) is 23.0 Å². The Hall–Kier alpha value is -3.55. The smallest absolute Gasteiger partial charge is 0.416 e. The number of nitrogens with one attached hydrogen (secondary N) is 1. The zero-order chi connectivity index (χ0) is 23.4. The topological polar surface area (TPSA) is 90.2 Å². The predicted octanol–water partition coefficient (Wildman–Crippen LogP) is 3.95. The maximum atomic E-state index is 12.9. The molecule has 1 atom stereocenters. The van der Waals surface area contributed by atoms with E-state index in [1.54, 1.807) is 6.07 Å². The number of hydrogen-bond acceptors (Lipinski definition) is 3. The number of halogens is 6. The van der Waals surface area contributed by atoms with Crippen molar-refractivity contribution in [3.63, 3.8) is 0 Å². The predicted molar refractivity (Wildman–Crippen MR) is 94.6 cm³/mol. The number of carbonyl (C=O) groups is 2. The van der Waals surface area contributed by atoms with Crippen LogP contribution in [0.2, 0.25) is 0 Å². The van der Waals surface area contributed by atoms with Gasteiger partial charge in [-0.25, -0.2) is 4.79 Å². The number of carbonyl (C=O) groups excluding carboxylic acids is 1. The summed E-state index contributed by atoms with van der Waals surface area (Å²) in [6.45, 7) is 0. The molecule has 164 valence electrons. The van der Waals surface area contributed by atoms with E-state index in [0.717, 1.165) is 0 Å². The molecule has 11 heteroatoms. The van der Waals surface area contributed by atoms with E-state index in [-0.39, 0.29) is 18.1 Å². The molecule has 0 saturated heterocycles. The molecule has 2 aromatic rings. The molecular formula is C20H14F6N2O3. The van der Waals surface area contributed by atoms with Crippen LogP contribution in [0.15, 0.2) is 42.5 Å². The maximum Gasteiger partial charge on any atom is 0.416 e. The van der Waals surface area contributed by atoms with Gasteiger partial charge in [0.2, 0.25) is 5.91 Å². The zero-order valence-corrected chi connectivity index (χ0v) is 15.5. The summed E-state index contributed by atoms with van der Waals surface area (Å²) in [5.74, 6) is -2.57. The third-order valence-electron chi connectivity index (χ3n) is 4.21. The molecule has 0 spiro atoms. The number of hydrogen-bond donors (Lipinski definition) is 2. The molecule has 2 rings (SSSR count). The second-order valence-electron chi connectivity index (χ2n) is 6.52. The third kappa shape index (κ3) is 6.47. The van der Waals surface area contributed by atoms with Gasteiger partial charge in [0.05, 0.1) is 29.2 Å². The van der Waals surface area contributed by atoms with E-state index in [1.165, 1.54) is 18.2 Å². The fraction of sp³-hybridized carbons (Fsp3) is 0.250. The molecule has 0 aliphatic carbocycles. The molecule has 5 nitrogen and oxygen atoms in total. The van der Waals surface area contributed by atoms with Crippen molar-refractivity contribution in [3.8, 4) is 6.07 Å². The quantitative estimate of drug-likeness (QED) is 0.661. The number of nitrogens with zero attached hydrogens (tertiary/aromatic N) is 1. The molecule has 0 aliphatic rings. The monoisotopic (exact) mass is 444 g/mol. The number of benzene rings is 2. The highest BCUT2D eigenvalue weighted by Gasteiger charge is 2.37. The lowest BCUT2D eigenvalue weighted by molar-refractivity contribution is -0.143. The second-order valence-corrected chi connectivity index (χ2v) is 6.52. The van der Waals surface area contributed by atoms with Gasteiger partial charge in [-0.3, -0.25) is 4.79 Å². The number of nitriles is 1. The van der Waals surface area contributed by atoms with Crippen LogP contribution >= 0.6 is 0 Å². The minimum absolute atomic E-state index is 0.0692. The molecule has 0 bridgehead atoms. The van der Waals surface area contributed by atoms with Crippen LogP contribution in [0.4, 0.5) is 26.3 Å². The second kappa shape index (κ2) is 9.07. The van der Waals surface area contributed by atoms with Gasteiger partial charge in [0.25, 0.3) is 0 Å². The first-order chi connectivity index (χ1) is 14.3. The van der Waals surface area contributed by atoms with Crippen molar-refractivity contribution in [2.45, 2.75) is 31.2 Å². The van der Waals surface area contributed by atoms with Crippen LogP contribution in [0.3, 0.4) is 0 Å². The van der Waals surface area contributed by atoms with Crippen LogP contribution in [-0.2, 0) is 34.8 Å². The lowest BCUT2D eigenvalue weighted by atomic mass is 10.00. The van der Waals surface area contributed by atoms with Crippen LogP contribution in [0, 0.1) is 11.3 Å². The first-order valence-electron chi connectivity index (χ1n) is 8.60. The first-order valence-corrected chi connectivity index (χ1v) is 8.60. The highest BCUT2D eigenvalue weighted by molar-refractivity contribution is 5.85. The van der Waals surface area contributed by atoms with E-state index in [2.05, 4.69) is 5.32 Å². The molecule has 0 fully saturated rings. The van der Waals surface area contributed by atoms with Crippen LogP contribution in [0.5, 0.6) is 0 Å². The Balaban J connectivity index is 2.25. The summed E-state index contributed by atoms with van der Waals surface area (Å²) < 4.78 is 77.6. The first kappa shape index (κ1) is 23.7. The van der Waals surface area contributed by atoms with Gasteiger partial charge in [-0.1, -0.05) is 18.2 Å². The molecule has 2 N–H and O–H groups in total. The summed E-state index contributed by atoms with van der Waals surface area (Å²) in [6.07, 6.45) is -11.4. The van der Waals surface area contributed by atoms with E-state index in [4.69, 9.17) is 5.26 Å². The highest BCUT2D eigenvalue weighted by Crippen LogP contribution is 2.36. The fourth-order valence-electron chi connectivity index (χ4n) is 2.78. The fourth-order valence-corrected chi connectivity index (χ4v) is 2.78. The summed E-state index contributed by atoms with van der Waals surface area (Å²) >= 11 is 0. The van der Waals surface area contributed by atoms with Crippen molar-refractivity contribution < 1.29 is 41.0 Å². The minimum atomic E-state index is -5.07. The Morgan fingerprint density at radius 2 is 1.55 bits per heavy atom. The van der Waals surface area contributed by atoms with E-state index < -0.39 is 53.4 Å². The van der Waals surface area contributed by atoms with Gasteiger partial charge in [-0.15, -0.1) is 0 Å². The normalized spacial score (nSPS) is 12.7. The van der Waals surface area contributed by atoms with Gasteiger partial charge >= 0.3 is 18.3 Å². The summed E-state index contributed by atoms with van der Waals surface area (Å²) in [5.41, 5.74) is -3.28. The van der Waals surface area contributed by atoms with Gasteiger partial charge in [-0.05, 0) is 35.4 Å². The minimum Gasteiger partial charge on any atom is -0.480 e. The zero-order valence-electron chi connectivity index (χ0n) is 15.5. The number of carboxylic acids is 1. The molecule has 0 aromatic heterocycles. The maximum absolute atomic E-state index is 12.9. The summed E-state index contributed by atoms with van der Waals surface area (Å²) in [6, 6.07) is 7.01. The third-order valence-corrected chi connectivity index (χ3v) is 4.21. The van der Waals surface area contributed by atoms with E-state index in [9.17, 15) is 41.0 Å². The van der Waals surface area contributed by atoms with Crippen LogP contribution in [0.25, 0.3) is 0 Å². The number of carboxylic acid groups (broad SMARTS) is 1. The van der Waals surface area contributed by atoms with Crippen molar-refractivity contribution in [2.24, 2.45) is 0 Å². The summed E-state index contributed by atoms with van der Waals surface area (Å²) in [4.78, 5) is 23.7. The van der Waals surface area contributed by atoms with E-state index in [0.29, 0.717) is 17.7 Å². The van der Waals surface area contributed by atoms with Gasteiger partial charge in [0.15, 0.2) is 0 Å². The molecule has 0 aliphatic heterocycles. The van der Waals surface area contributed by atoms with Crippen molar-refractivity contribution in [1.29, 1.82) is 5.26 Å². The van der Waals surface area contributed by atoms with Crippen molar-refractivity contribution in [3.05, 3.63) is 70.3 Å². The Morgan fingerprint density at radius 3 is 2.03 bits per heavy atom. The van der Waals surface area contributed by atoms with Gasteiger partial charge < -0.3 is 10.4 Å². The molecule has 0 unspecified atom stereocenters. The number of alkyl halides is 6. The molecule has 2 aromatic carbocycles.